The fourth-order valence-corrected chi connectivity index (χ4v) is 6.68. The Morgan fingerprint density at radius 2 is 0.417 bits per heavy atom. The van der Waals surface area contributed by atoms with E-state index in [2.05, 4.69) is 203 Å². The van der Waals surface area contributed by atoms with Crippen molar-refractivity contribution in [3.8, 4) is 33.4 Å². The highest BCUT2D eigenvalue weighted by molar-refractivity contribution is 8.14. The molecule has 0 nitrogen and oxygen atoms in total. The summed E-state index contributed by atoms with van der Waals surface area (Å²) < 4.78 is 0. The summed E-state index contributed by atoms with van der Waals surface area (Å²) in [6.45, 7) is 6.32. The molecule has 3 unspecified atom stereocenters. The van der Waals surface area contributed by atoms with Crippen molar-refractivity contribution in [2.45, 2.75) is 35.5 Å². The summed E-state index contributed by atoms with van der Waals surface area (Å²) >= 11 is 0. The minimum absolute atomic E-state index is 0.0758. The van der Waals surface area contributed by atoms with Gasteiger partial charge in [0.25, 0.3) is 0 Å². The standard InChI is InChI=1S/C21H20S.C15H16S.C9H12S/c1-16-4-6-17(7-5-16)18-8-10-19(11-9-18)20-12-14-21(15-13-20)22(2)3;1-12-4-6-13(7-5-12)14-8-10-15(11-9-14)16(2)3;1-8-4-6-9(7-5-8)10(2)3/h4-15H,2H2,1,3H3;4-11H,2H2,1,3H3;4-7H,2H2,1,3H3. The molecule has 0 aliphatic carbocycles. The largest absolute Gasteiger partial charge is 0.165 e. The number of aryl methyl sites for hydroxylation is 3. The molecule has 0 fully saturated rings. The summed E-state index contributed by atoms with van der Waals surface area (Å²) in [5.41, 5.74) is 11.5. The molecule has 3 heteroatoms. The monoisotopic (exact) mass is 684 g/mol. The molecule has 0 aliphatic heterocycles. The molecule has 0 saturated heterocycles. The lowest BCUT2D eigenvalue weighted by molar-refractivity contribution is 1.38. The van der Waals surface area contributed by atoms with Gasteiger partial charge in [0, 0.05) is 14.7 Å². The van der Waals surface area contributed by atoms with Crippen LogP contribution in [0.4, 0.5) is 0 Å². The van der Waals surface area contributed by atoms with Gasteiger partial charge in [0.15, 0.2) is 0 Å². The van der Waals surface area contributed by atoms with E-state index in [9.17, 15) is 0 Å². The SMILES string of the molecule is C=S(C)c1ccc(-c2ccc(-c3ccc(C)cc3)cc2)cc1.C=S(C)c1ccc(-c2ccc(C)cc2)cc1.C=S(C)c1ccc(C)cc1. The van der Waals surface area contributed by atoms with Crippen LogP contribution in [0.15, 0.2) is 160 Å². The summed E-state index contributed by atoms with van der Waals surface area (Å²) in [5.74, 6) is 12.1. The van der Waals surface area contributed by atoms with Crippen LogP contribution in [-0.2, 0) is 0 Å². The first-order valence-electron chi connectivity index (χ1n) is 15.9. The van der Waals surface area contributed by atoms with E-state index in [1.807, 2.05) is 0 Å². The number of hydrogen-bond donors (Lipinski definition) is 0. The second kappa shape index (κ2) is 17.9. The molecule has 0 aromatic heterocycles. The van der Waals surface area contributed by atoms with E-state index in [4.69, 9.17) is 0 Å². The zero-order chi connectivity index (χ0) is 34.6. The number of benzene rings is 6. The topological polar surface area (TPSA) is 0 Å². The predicted octanol–water partition coefficient (Wildman–Crippen LogP) is 13.1. The van der Waals surface area contributed by atoms with Gasteiger partial charge in [-0.25, -0.2) is 0 Å². The van der Waals surface area contributed by atoms with Crippen molar-refractivity contribution in [1.29, 1.82) is 0 Å². The Morgan fingerprint density at radius 3 is 0.625 bits per heavy atom. The maximum absolute atomic E-state index is 4.09. The highest BCUT2D eigenvalue weighted by Crippen LogP contribution is 2.28. The summed E-state index contributed by atoms with van der Waals surface area (Å²) in [4.78, 5) is 3.96. The maximum atomic E-state index is 4.09. The van der Waals surface area contributed by atoms with Gasteiger partial charge in [-0.2, -0.15) is 31.5 Å². The van der Waals surface area contributed by atoms with Gasteiger partial charge in [0.1, 0.15) is 0 Å². The Kier molecular flexibility index (Phi) is 13.8. The van der Waals surface area contributed by atoms with Gasteiger partial charge < -0.3 is 0 Å². The van der Waals surface area contributed by atoms with E-state index >= 15 is 0 Å². The molecule has 3 atom stereocenters. The summed E-state index contributed by atoms with van der Waals surface area (Å²) in [7, 11) is 0.341. The quantitative estimate of drug-likeness (QED) is 0.153. The number of hydrogen-bond acceptors (Lipinski definition) is 0. The van der Waals surface area contributed by atoms with E-state index in [0.29, 0.717) is 0 Å². The highest BCUT2D eigenvalue weighted by Gasteiger charge is 2.02. The van der Waals surface area contributed by atoms with Crippen LogP contribution in [0.2, 0.25) is 0 Å². The second-order valence-corrected chi connectivity index (χ2v) is 17.3. The lowest BCUT2D eigenvalue weighted by Gasteiger charge is -2.07. The Labute approximate surface area is 297 Å². The van der Waals surface area contributed by atoms with Crippen molar-refractivity contribution in [1.82, 2.24) is 0 Å². The first-order valence-corrected chi connectivity index (χ1v) is 21.3. The molecule has 0 heterocycles. The first kappa shape index (κ1) is 36.8. The van der Waals surface area contributed by atoms with Crippen molar-refractivity contribution >= 4 is 49.1 Å². The molecule has 0 saturated carbocycles. The fraction of sp³-hybridized carbons (Fsp3) is 0.133. The van der Waals surface area contributed by atoms with Gasteiger partial charge in [0.2, 0.25) is 0 Å². The zero-order valence-corrected chi connectivity index (χ0v) is 31.7. The van der Waals surface area contributed by atoms with Crippen LogP contribution in [0, 0.1) is 20.8 Å². The Balaban J connectivity index is 0.000000175. The van der Waals surface area contributed by atoms with Crippen LogP contribution in [0.25, 0.3) is 33.4 Å². The lowest BCUT2D eigenvalue weighted by Crippen LogP contribution is -1.81. The minimum atomic E-state index is 0.0758. The summed E-state index contributed by atoms with van der Waals surface area (Å²) in [6, 6.07) is 52.0. The molecule has 0 N–H and O–H groups in total. The van der Waals surface area contributed by atoms with Gasteiger partial charge in [-0.3, -0.25) is 0 Å². The van der Waals surface area contributed by atoms with Crippen LogP contribution in [-0.4, -0.2) is 36.4 Å². The lowest BCUT2D eigenvalue weighted by atomic mass is 10.00. The average molecular weight is 685 g/mol. The molecular weight excluding hydrogens is 637 g/mol. The van der Waals surface area contributed by atoms with E-state index in [-0.39, 0.29) is 31.5 Å². The molecule has 0 amide bonds. The molecule has 0 bridgehead atoms. The van der Waals surface area contributed by atoms with Crippen molar-refractivity contribution in [3.05, 3.63) is 162 Å². The fourth-order valence-electron chi connectivity index (χ4n) is 4.88. The van der Waals surface area contributed by atoms with Crippen LogP contribution in [0.5, 0.6) is 0 Å². The first-order chi connectivity index (χ1) is 23.0. The van der Waals surface area contributed by atoms with Gasteiger partial charge in [-0.1, -0.05) is 143 Å². The Bertz CT molecular complexity index is 1950. The molecule has 0 spiro atoms. The highest BCUT2D eigenvalue weighted by atomic mass is 32.2. The van der Waals surface area contributed by atoms with Crippen LogP contribution >= 0.6 is 31.5 Å². The molecule has 0 radical (unpaired) electrons. The Hall–Kier alpha value is -4.02. The molecule has 246 valence electrons. The predicted molar refractivity (Wildman–Crippen MR) is 227 cm³/mol. The van der Waals surface area contributed by atoms with E-state index in [1.54, 1.807) is 0 Å². The van der Waals surface area contributed by atoms with E-state index in [0.717, 1.165) is 0 Å². The third-order valence-corrected chi connectivity index (χ3v) is 11.2. The second-order valence-electron chi connectivity index (χ2n) is 12.1. The summed E-state index contributed by atoms with van der Waals surface area (Å²) in [6.07, 6.45) is 6.41. The average Bonchev–Trinajstić information content (AvgIpc) is 3.10. The van der Waals surface area contributed by atoms with Crippen LogP contribution in [0.3, 0.4) is 0 Å². The number of rotatable bonds is 6. The van der Waals surface area contributed by atoms with Crippen LogP contribution in [0.1, 0.15) is 16.7 Å². The molecule has 48 heavy (non-hydrogen) atoms. The minimum Gasteiger partial charge on any atom is -0.165 e. The van der Waals surface area contributed by atoms with Crippen molar-refractivity contribution in [2.75, 3.05) is 18.8 Å². The van der Waals surface area contributed by atoms with Crippen molar-refractivity contribution in [3.63, 3.8) is 0 Å². The normalized spacial score (nSPS) is 12.4. The zero-order valence-electron chi connectivity index (χ0n) is 29.2. The van der Waals surface area contributed by atoms with E-state index in [1.165, 1.54) is 64.8 Å². The molecule has 0 aliphatic rings. The molecule has 6 aromatic rings. The van der Waals surface area contributed by atoms with Gasteiger partial charge in [-0.05, 0) is 109 Å². The van der Waals surface area contributed by atoms with E-state index < -0.39 is 0 Å². The Morgan fingerprint density at radius 1 is 0.271 bits per heavy atom. The smallest absolute Gasteiger partial charge is 0.000895 e. The van der Waals surface area contributed by atoms with Crippen LogP contribution < -0.4 is 0 Å². The molecule has 6 rings (SSSR count). The van der Waals surface area contributed by atoms with Gasteiger partial charge in [-0.15, -0.1) is 0 Å². The maximum Gasteiger partial charge on any atom is 0.000895 e. The van der Waals surface area contributed by atoms with Crippen molar-refractivity contribution in [2.24, 2.45) is 0 Å². The molecular formula is C45H48S3. The third-order valence-electron chi connectivity index (χ3n) is 7.92. The summed E-state index contributed by atoms with van der Waals surface area (Å²) in [5, 5.41) is 0. The van der Waals surface area contributed by atoms with Gasteiger partial charge in [0.05, 0.1) is 0 Å². The molecule has 6 aromatic carbocycles. The third kappa shape index (κ3) is 11.0. The van der Waals surface area contributed by atoms with Crippen molar-refractivity contribution < 1.29 is 0 Å². The van der Waals surface area contributed by atoms with Gasteiger partial charge >= 0.3 is 0 Å².